The van der Waals surface area contributed by atoms with Crippen molar-refractivity contribution in [1.82, 2.24) is 10.2 Å². The van der Waals surface area contributed by atoms with Crippen LogP contribution >= 0.6 is 11.6 Å². The number of carbonyl (C=O) groups is 1. The second-order valence-corrected chi connectivity index (χ2v) is 5.90. The molecule has 0 spiro atoms. The van der Waals surface area contributed by atoms with Crippen molar-refractivity contribution in [2.45, 2.75) is 19.0 Å². The lowest BCUT2D eigenvalue weighted by molar-refractivity contribution is -0.129. The molecule has 2 heterocycles. The van der Waals surface area contributed by atoms with Crippen LogP contribution in [0.2, 0.25) is 5.02 Å². The molecule has 3 rings (SSSR count). The number of amides is 1. The van der Waals surface area contributed by atoms with Gasteiger partial charge in [-0.15, -0.1) is 0 Å². The first-order valence-electron chi connectivity index (χ1n) is 7.10. The standard InChI is InChI=1S/C15H19ClN2O2/c16-13-5-3-12(4-6-13)15-17-8-14(19)18(15)9-11-2-1-7-20-10-11/h3-6,11,15,17H,1-2,7-10H2. The van der Waals surface area contributed by atoms with Crippen molar-refractivity contribution < 1.29 is 9.53 Å². The zero-order valence-corrected chi connectivity index (χ0v) is 12.1. The van der Waals surface area contributed by atoms with Gasteiger partial charge in [0.1, 0.15) is 6.17 Å². The number of benzene rings is 1. The van der Waals surface area contributed by atoms with Gasteiger partial charge in [0.25, 0.3) is 0 Å². The van der Waals surface area contributed by atoms with Gasteiger partial charge in [-0.1, -0.05) is 23.7 Å². The molecule has 1 aromatic rings. The van der Waals surface area contributed by atoms with Crippen LogP contribution in [0.5, 0.6) is 0 Å². The summed E-state index contributed by atoms with van der Waals surface area (Å²) in [5.74, 6) is 0.609. The first-order valence-corrected chi connectivity index (χ1v) is 7.48. The molecule has 1 amide bonds. The monoisotopic (exact) mass is 294 g/mol. The fraction of sp³-hybridized carbons (Fsp3) is 0.533. The van der Waals surface area contributed by atoms with E-state index in [0.717, 1.165) is 38.2 Å². The van der Waals surface area contributed by atoms with Gasteiger partial charge in [0.05, 0.1) is 13.2 Å². The number of nitrogens with zero attached hydrogens (tertiary/aromatic N) is 1. The molecule has 2 atom stereocenters. The molecule has 1 N–H and O–H groups in total. The van der Waals surface area contributed by atoms with Gasteiger partial charge in [-0.3, -0.25) is 10.1 Å². The third kappa shape index (κ3) is 2.97. The Morgan fingerprint density at radius 1 is 1.35 bits per heavy atom. The third-order valence-electron chi connectivity index (χ3n) is 3.97. The Morgan fingerprint density at radius 3 is 2.85 bits per heavy atom. The Morgan fingerprint density at radius 2 is 2.15 bits per heavy atom. The van der Waals surface area contributed by atoms with E-state index in [1.165, 1.54) is 0 Å². The third-order valence-corrected chi connectivity index (χ3v) is 4.23. The molecule has 5 heteroatoms. The number of hydrogen-bond donors (Lipinski definition) is 1. The molecule has 0 saturated carbocycles. The Bertz CT molecular complexity index is 471. The fourth-order valence-corrected chi connectivity index (χ4v) is 3.05. The summed E-state index contributed by atoms with van der Waals surface area (Å²) in [5.41, 5.74) is 1.08. The molecule has 4 nitrogen and oxygen atoms in total. The number of hydrogen-bond acceptors (Lipinski definition) is 3. The lowest BCUT2D eigenvalue weighted by Gasteiger charge is -2.30. The van der Waals surface area contributed by atoms with Gasteiger partial charge >= 0.3 is 0 Å². The highest BCUT2D eigenvalue weighted by molar-refractivity contribution is 6.30. The van der Waals surface area contributed by atoms with Crippen molar-refractivity contribution in [2.75, 3.05) is 26.3 Å². The van der Waals surface area contributed by atoms with Crippen LogP contribution in [-0.2, 0) is 9.53 Å². The maximum Gasteiger partial charge on any atom is 0.238 e. The Kier molecular flexibility index (Phi) is 4.24. The van der Waals surface area contributed by atoms with Gasteiger partial charge in [-0.2, -0.15) is 0 Å². The summed E-state index contributed by atoms with van der Waals surface area (Å²) in [7, 11) is 0. The van der Waals surface area contributed by atoms with E-state index in [1.54, 1.807) is 0 Å². The van der Waals surface area contributed by atoms with Crippen LogP contribution in [0.1, 0.15) is 24.6 Å². The number of rotatable bonds is 3. The van der Waals surface area contributed by atoms with Crippen molar-refractivity contribution in [3.05, 3.63) is 34.9 Å². The first kappa shape index (κ1) is 13.9. The predicted molar refractivity (Wildman–Crippen MR) is 77.5 cm³/mol. The quantitative estimate of drug-likeness (QED) is 0.929. The van der Waals surface area contributed by atoms with Crippen LogP contribution in [0.25, 0.3) is 0 Å². The van der Waals surface area contributed by atoms with Gasteiger partial charge in [-0.05, 0) is 30.5 Å². The summed E-state index contributed by atoms with van der Waals surface area (Å²) in [6.07, 6.45) is 2.18. The van der Waals surface area contributed by atoms with Crippen molar-refractivity contribution >= 4 is 17.5 Å². The first-order chi connectivity index (χ1) is 9.74. The SMILES string of the molecule is O=C1CNC(c2ccc(Cl)cc2)N1CC1CCCOC1. The highest BCUT2D eigenvalue weighted by Crippen LogP contribution is 2.26. The summed E-state index contributed by atoms with van der Waals surface area (Å²) in [4.78, 5) is 14.0. The highest BCUT2D eigenvalue weighted by Gasteiger charge is 2.33. The van der Waals surface area contributed by atoms with E-state index in [-0.39, 0.29) is 12.1 Å². The minimum Gasteiger partial charge on any atom is -0.381 e. The van der Waals surface area contributed by atoms with E-state index in [2.05, 4.69) is 5.32 Å². The van der Waals surface area contributed by atoms with Crippen molar-refractivity contribution in [2.24, 2.45) is 5.92 Å². The van der Waals surface area contributed by atoms with E-state index < -0.39 is 0 Å². The number of nitrogens with one attached hydrogen (secondary N) is 1. The molecule has 0 aromatic heterocycles. The van der Waals surface area contributed by atoms with Gasteiger partial charge < -0.3 is 9.64 Å². The van der Waals surface area contributed by atoms with Crippen LogP contribution in [0.15, 0.2) is 24.3 Å². The van der Waals surface area contributed by atoms with Crippen LogP contribution in [0.4, 0.5) is 0 Å². The molecule has 2 aliphatic heterocycles. The molecule has 20 heavy (non-hydrogen) atoms. The van der Waals surface area contributed by atoms with E-state index in [4.69, 9.17) is 16.3 Å². The Balaban J connectivity index is 1.72. The molecular formula is C15H19ClN2O2. The fourth-order valence-electron chi connectivity index (χ4n) is 2.92. The van der Waals surface area contributed by atoms with Gasteiger partial charge in [0.2, 0.25) is 5.91 Å². The average molecular weight is 295 g/mol. The molecule has 2 aliphatic rings. The molecule has 1 aromatic carbocycles. The summed E-state index contributed by atoms with van der Waals surface area (Å²) in [6, 6.07) is 7.68. The number of carbonyl (C=O) groups excluding carboxylic acids is 1. The van der Waals surface area contributed by atoms with Crippen molar-refractivity contribution in [3.8, 4) is 0 Å². The van der Waals surface area contributed by atoms with E-state index in [0.29, 0.717) is 17.5 Å². The molecule has 0 bridgehead atoms. The number of halogens is 1. The predicted octanol–water partition coefficient (Wildman–Crippen LogP) is 2.20. The van der Waals surface area contributed by atoms with E-state index >= 15 is 0 Å². The van der Waals surface area contributed by atoms with Crippen LogP contribution in [0, 0.1) is 5.92 Å². The minimum atomic E-state index is -0.0401. The average Bonchev–Trinajstić information content (AvgIpc) is 2.83. The van der Waals surface area contributed by atoms with Gasteiger partial charge in [-0.25, -0.2) is 0 Å². The molecule has 0 radical (unpaired) electrons. The smallest absolute Gasteiger partial charge is 0.238 e. The van der Waals surface area contributed by atoms with Gasteiger partial charge in [0.15, 0.2) is 0 Å². The Hall–Kier alpha value is -1.10. The number of ether oxygens (including phenoxy) is 1. The van der Waals surface area contributed by atoms with Crippen LogP contribution < -0.4 is 5.32 Å². The molecule has 2 fully saturated rings. The van der Waals surface area contributed by atoms with E-state index in [9.17, 15) is 4.79 Å². The van der Waals surface area contributed by atoms with Crippen LogP contribution in [0.3, 0.4) is 0 Å². The lowest BCUT2D eigenvalue weighted by atomic mass is 10.0. The minimum absolute atomic E-state index is 0.0401. The summed E-state index contributed by atoms with van der Waals surface area (Å²) >= 11 is 5.92. The zero-order valence-electron chi connectivity index (χ0n) is 11.3. The summed E-state index contributed by atoms with van der Waals surface area (Å²) < 4.78 is 5.51. The second kappa shape index (κ2) is 6.12. The maximum atomic E-state index is 12.1. The zero-order chi connectivity index (χ0) is 13.9. The normalized spacial score (nSPS) is 27.1. The summed E-state index contributed by atoms with van der Waals surface area (Å²) in [5, 5.41) is 3.99. The largest absolute Gasteiger partial charge is 0.381 e. The van der Waals surface area contributed by atoms with Gasteiger partial charge in [0, 0.05) is 24.1 Å². The van der Waals surface area contributed by atoms with E-state index in [1.807, 2.05) is 29.2 Å². The highest BCUT2D eigenvalue weighted by atomic mass is 35.5. The topological polar surface area (TPSA) is 41.6 Å². The second-order valence-electron chi connectivity index (χ2n) is 5.46. The lowest BCUT2D eigenvalue weighted by Crippen LogP contribution is -2.37. The Labute approximate surface area is 124 Å². The molecule has 108 valence electrons. The summed E-state index contributed by atoms with van der Waals surface area (Å²) in [6.45, 7) is 2.78. The molecular weight excluding hydrogens is 276 g/mol. The molecule has 2 saturated heterocycles. The maximum absolute atomic E-state index is 12.1. The van der Waals surface area contributed by atoms with Crippen molar-refractivity contribution in [1.29, 1.82) is 0 Å². The van der Waals surface area contributed by atoms with Crippen LogP contribution in [-0.4, -0.2) is 37.1 Å². The molecule has 0 aliphatic carbocycles. The van der Waals surface area contributed by atoms with Crippen molar-refractivity contribution in [3.63, 3.8) is 0 Å². The molecule has 2 unspecified atom stereocenters.